The van der Waals surface area contributed by atoms with Crippen LogP contribution in [-0.2, 0) is 0 Å². The number of methoxy groups -OCH3 is 1. The van der Waals surface area contributed by atoms with Gasteiger partial charge in [0.1, 0.15) is 11.6 Å². The fourth-order valence-corrected chi connectivity index (χ4v) is 1.35. The molecule has 0 aliphatic heterocycles. The van der Waals surface area contributed by atoms with E-state index in [1.165, 1.54) is 13.2 Å². The van der Waals surface area contributed by atoms with E-state index in [1.807, 2.05) is 0 Å². The number of alkyl halides is 3. The van der Waals surface area contributed by atoms with Gasteiger partial charge in [-0.15, -0.1) is 12.4 Å². The van der Waals surface area contributed by atoms with Gasteiger partial charge in [-0.2, -0.15) is 13.2 Å². The first-order chi connectivity index (χ1) is 7.33. The largest absolute Gasteiger partial charge is 0.496 e. The Morgan fingerprint density at radius 3 is 2.41 bits per heavy atom. The van der Waals surface area contributed by atoms with Crippen LogP contribution in [0.3, 0.4) is 0 Å². The van der Waals surface area contributed by atoms with Crippen LogP contribution in [0.4, 0.5) is 17.6 Å². The Balaban J connectivity index is 0.00000256. The number of hydrogen-bond donors (Lipinski definition) is 1. The molecule has 0 saturated heterocycles. The molecule has 0 bridgehead atoms. The van der Waals surface area contributed by atoms with Crippen LogP contribution in [0, 0.1) is 5.82 Å². The van der Waals surface area contributed by atoms with Crippen molar-refractivity contribution in [1.29, 1.82) is 0 Å². The molecule has 0 fully saturated rings. The molecule has 0 unspecified atom stereocenters. The fourth-order valence-electron chi connectivity index (χ4n) is 1.35. The van der Waals surface area contributed by atoms with E-state index >= 15 is 0 Å². The Morgan fingerprint density at radius 2 is 1.94 bits per heavy atom. The Morgan fingerprint density at radius 1 is 1.35 bits per heavy atom. The lowest BCUT2D eigenvalue weighted by molar-refractivity contribution is -0.138. The summed E-state index contributed by atoms with van der Waals surface area (Å²) in [5.41, 5.74) is 5.53. The van der Waals surface area contributed by atoms with E-state index in [0.717, 1.165) is 12.1 Å². The lowest BCUT2D eigenvalue weighted by Crippen LogP contribution is -2.20. The second-order valence-electron chi connectivity index (χ2n) is 3.31. The third-order valence-electron chi connectivity index (χ3n) is 2.05. The molecule has 2 N–H and O–H groups in total. The number of halogens is 5. The van der Waals surface area contributed by atoms with Crippen molar-refractivity contribution in [2.24, 2.45) is 5.73 Å². The zero-order valence-electron chi connectivity index (χ0n) is 8.92. The van der Waals surface area contributed by atoms with Gasteiger partial charge in [0, 0.05) is 17.7 Å². The Labute approximate surface area is 102 Å². The zero-order chi connectivity index (χ0) is 12.3. The van der Waals surface area contributed by atoms with E-state index < -0.39 is 24.5 Å². The molecular weight excluding hydrogens is 262 g/mol. The van der Waals surface area contributed by atoms with Gasteiger partial charge < -0.3 is 10.5 Å². The van der Waals surface area contributed by atoms with Crippen LogP contribution in [0.1, 0.15) is 18.0 Å². The average Bonchev–Trinajstić information content (AvgIpc) is 2.14. The second kappa shape index (κ2) is 6.07. The van der Waals surface area contributed by atoms with E-state index in [-0.39, 0.29) is 23.7 Å². The van der Waals surface area contributed by atoms with Crippen molar-refractivity contribution in [1.82, 2.24) is 0 Å². The molecule has 7 heteroatoms. The highest BCUT2D eigenvalue weighted by Gasteiger charge is 2.32. The highest BCUT2D eigenvalue weighted by atomic mass is 35.5. The van der Waals surface area contributed by atoms with Gasteiger partial charge in [0.15, 0.2) is 0 Å². The molecule has 0 saturated carbocycles. The first-order valence-electron chi connectivity index (χ1n) is 4.49. The molecule has 0 heterocycles. The van der Waals surface area contributed by atoms with E-state index in [1.54, 1.807) is 0 Å². The van der Waals surface area contributed by atoms with E-state index in [0.29, 0.717) is 0 Å². The van der Waals surface area contributed by atoms with Crippen molar-refractivity contribution >= 4 is 12.4 Å². The molecule has 0 aliphatic rings. The van der Waals surface area contributed by atoms with Crippen LogP contribution in [0.5, 0.6) is 5.75 Å². The number of hydrogen-bond acceptors (Lipinski definition) is 2. The highest BCUT2D eigenvalue weighted by molar-refractivity contribution is 5.85. The summed E-state index contributed by atoms with van der Waals surface area (Å²) in [7, 11) is 1.25. The zero-order valence-corrected chi connectivity index (χ0v) is 9.74. The lowest BCUT2D eigenvalue weighted by atomic mass is 10.0. The minimum absolute atomic E-state index is 0. The molecule has 0 aromatic heterocycles. The summed E-state index contributed by atoms with van der Waals surface area (Å²) in [6, 6.07) is 2.00. The predicted molar refractivity (Wildman–Crippen MR) is 57.8 cm³/mol. The maximum absolute atomic E-state index is 12.8. The molecule has 1 rings (SSSR count). The predicted octanol–water partition coefficient (Wildman–Crippen LogP) is 3.21. The summed E-state index contributed by atoms with van der Waals surface area (Å²) < 4.78 is 53.9. The van der Waals surface area contributed by atoms with E-state index in [9.17, 15) is 17.6 Å². The number of nitrogens with two attached hydrogens (primary N) is 1. The minimum Gasteiger partial charge on any atom is -0.496 e. The standard InChI is InChI=1S/C10H11F4NO.ClH/c1-16-9-4-6(11)2-3-7(9)8(15)5-10(12,13)14;/h2-4,8H,5,15H2,1H3;1H/t8-;/m0./s1. The van der Waals surface area contributed by atoms with Gasteiger partial charge in [0.05, 0.1) is 13.5 Å². The maximum Gasteiger partial charge on any atom is 0.390 e. The Bertz CT molecular complexity index is 370. The Kier molecular flexibility index (Phi) is 5.71. The molecule has 0 aliphatic carbocycles. The molecule has 0 amide bonds. The number of benzene rings is 1. The molecule has 2 nitrogen and oxygen atoms in total. The average molecular weight is 274 g/mol. The lowest BCUT2D eigenvalue weighted by Gasteiger charge is -2.17. The van der Waals surface area contributed by atoms with Crippen LogP contribution in [-0.4, -0.2) is 13.3 Å². The fraction of sp³-hybridized carbons (Fsp3) is 0.400. The molecule has 1 aromatic carbocycles. The number of rotatable bonds is 3. The normalized spacial score (nSPS) is 12.8. The quantitative estimate of drug-likeness (QED) is 0.859. The summed E-state index contributed by atoms with van der Waals surface area (Å²) in [5.74, 6) is -0.559. The molecule has 0 radical (unpaired) electrons. The SMILES string of the molecule is COc1cc(F)ccc1[C@@H](N)CC(F)(F)F.Cl. The molecular formula is C10H12ClF4NO. The minimum atomic E-state index is -4.36. The van der Waals surface area contributed by atoms with Crippen LogP contribution in [0.2, 0.25) is 0 Å². The van der Waals surface area contributed by atoms with Crippen LogP contribution in [0.15, 0.2) is 18.2 Å². The third-order valence-corrected chi connectivity index (χ3v) is 2.05. The van der Waals surface area contributed by atoms with Crippen molar-refractivity contribution < 1.29 is 22.3 Å². The van der Waals surface area contributed by atoms with E-state index in [4.69, 9.17) is 10.5 Å². The molecule has 0 spiro atoms. The summed E-state index contributed by atoms with van der Waals surface area (Å²) in [6.07, 6.45) is -5.53. The summed E-state index contributed by atoms with van der Waals surface area (Å²) in [6.45, 7) is 0. The first kappa shape index (κ1) is 16.0. The van der Waals surface area contributed by atoms with Crippen LogP contribution in [0.25, 0.3) is 0 Å². The van der Waals surface area contributed by atoms with Crippen LogP contribution >= 0.6 is 12.4 Å². The van der Waals surface area contributed by atoms with Crippen LogP contribution < -0.4 is 10.5 Å². The monoisotopic (exact) mass is 273 g/mol. The first-order valence-corrected chi connectivity index (χ1v) is 4.49. The maximum atomic E-state index is 12.8. The van der Waals surface area contributed by atoms with Crippen molar-refractivity contribution in [3.8, 4) is 5.75 Å². The summed E-state index contributed by atoms with van der Waals surface area (Å²) >= 11 is 0. The van der Waals surface area contributed by atoms with Crippen molar-refractivity contribution in [3.05, 3.63) is 29.6 Å². The molecule has 1 atom stereocenters. The van der Waals surface area contributed by atoms with Crippen molar-refractivity contribution in [2.45, 2.75) is 18.6 Å². The summed E-state index contributed by atoms with van der Waals surface area (Å²) in [4.78, 5) is 0. The van der Waals surface area contributed by atoms with Crippen molar-refractivity contribution in [3.63, 3.8) is 0 Å². The molecule has 1 aromatic rings. The van der Waals surface area contributed by atoms with Crippen molar-refractivity contribution in [2.75, 3.05) is 7.11 Å². The van der Waals surface area contributed by atoms with Gasteiger partial charge in [-0.1, -0.05) is 6.07 Å². The van der Waals surface area contributed by atoms with Gasteiger partial charge in [-0.05, 0) is 6.07 Å². The van der Waals surface area contributed by atoms with E-state index in [2.05, 4.69) is 0 Å². The number of ether oxygens (including phenoxy) is 1. The topological polar surface area (TPSA) is 35.2 Å². The second-order valence-corrected chi connectivity index (χ2v) is 3.31. The molecule has 17 heavy (non-hydrogen) atoms. The van der Waals surface area contributed by atoms with Gasteiger partial charge in [0.2, 0.25) is 0 Å². The molecule has 98 valence electrons. The van der Waals surface area contributed by atoms with Gasteiger partial charge in [-0.3, -0.25) is 0 Å². The third kappa shape index (κ3) is 4.79. The van der Waals surface area contributed by atoms with Gasteiger partial charge in [0.25, 0.3) is 0 Å². The van der Waals surface area contributed by atoms with Gasteiger partial charge in [-0.25, -0.2) is 4.39 Å². The van der Waals surface area contributed by atoms with Gasteiger partial charge >= 0.3 is 6.18 Å². The Hall–Kier alpha value is -1.01. The smallest absolute Gasteiger partial charge is 0.390 e. The summed E-state index contributed by atoms with van der Waals surface area (Å²) in [5, 5.41) is 0. The highest BCUT2D eigenvalue weighted by Crippen LogP contribution is 2.32.